The summed E-state index contributed by atoms with van der Waals surface area (Å²) in [7, 11) is 0. The third-order valence-corrected chi connectivity index (χ3v) is 5.97. The average Bonchev–Trinajstić information content (AvgIpc) is 3.59. The number of halogens is 5. The molecule has 6 N–H and O–H groups in total. The summed E-state index contributed by atoms with van der Waals surface area (Å²) in [4.78, 5) is 25.4. The van der Waals surface area contributed by atoms with Crippen molar-refractivity contribution in [2.24, 2.45) is 5.73 Å². The van der Waals surface area contributed by atoms with Crippen LogP contribution in [-0.2, 0) is 11.8 Å². The summed E-state index contributed by atoms with van der Waals surface area (Å²) in [5.74, 6) is -4.99. The minimum absolute atomic E-state index is 0.0265. The van der Waals surface area contributed by atoms with Gasteiger partial charge in [0, 0.05) is 5.69 Å². The standard InChI is InChI=1S/C26H21F5N4O4/c1-12-8-13(27)2-5-20(12)39-21-11-18(26(29,30)31)17(25(38)6-7-25)10-16(21)23(37)34-14-3-4-19(28)15(9-14)22(36)35-24(32)33/h2-5,8-11,38H,6-7H2,1H3,(H,34,37)(H4,32,33,35,36). The van der Waals surface area contributed by atoms with Crippen molar-refractivity contribution in [3.05, 3.63) is 88.0 Å². The van der Waals surface area contributed by atoms with Gasteiger partial charge in [-0.3, -0.25) is 20.3 Å². The van der Waals surface area contributed by atoms with E-state index in [9.17, 15) is 36.6 Å². The highest BCUT2D eigenvalue weighted by Gasteiger charge is 2.49. The van der Waals surface area contributed by atoms with Gasteiger partial charge in [-0.1, -0.05) is 0 Å². The second kappa shape index (κ2) is 9.98. The second-order valence-electron chi connectivity index (χ2n) is 8.95. The van der Waals surface area contributed by atoms with Crippen molar-refractivity contribution >= 4 is 23.5 Å². The summed E-state index contributed by atoms with van der Waals surface area (Å²) in [6.45, 7) is 1.45. The van der Waals surface area contributed by atoms with Gasteiger partial charge in [0.1, 0.15) is 23.1 Å². The van der Waals surface area contributed by atoms with E-state index in [0.717, 1.165) is 36.4 Å². The number of carbonyl (C=O) groups excluding carboxylic acids is 2. The first-order valence-corrected chi connectivity index (χ1v) is 11.4. The lowest BCUT2D eigenvalue weighted by Crippen LogP contribution is -2.36. The quantitative estimate of drug-likeness (QED) is 0.169. The van der Waals surface area contributed by atoms with E-state index in [1.165, 1.54) is 13.0 Å². The Kier molecular flexibility index (Phi) is 7.04. The van der Waals surface area contributed by atoms with Crippen LogP contribution in [0.25, 0.3) is 0 Å². The van der Waals surface area contributed by atoms with E-state index >= 15 is 0 Å². The maximum Gasteiger partial charge on any atom is 0.416 e. The van der Waals surface area contributed by atoms with Crippen LogP contribution in [0.2, 0.25) is 0 Å². The minimum Gasteiger partial charge on any atom is -0.456 e. The Labute approximate surface area is 218 Å². The number of aliphatic hydroxyl groups is 1. The van der Waals surface area contributed by atoms with E-state index in [2.05, 4.69) is 5.32 Å². The van der Waals surface area contributed by atoms with E-state index < -0.39 is 69.2 Å². The molecule has 39 heavy (non-hydrogen) atoms. The Bertz CT molecular complexity index is 1500. The molecular formula is C26H21F5N4O4. The second-order valence-corrected chi connectivity index (χ2v) is 8.95. The molecule has 4 rings (SSSR count). The summed E-state index contributed by atoms with van der Waals surface area (Å²) in [6.07, 6.45) is -4.82. The van der Waals surface area contributed by atoms with Crippen LogP contribution < -0.4 is 21.1 Å². The zero-order chi connectivity index (χ0) is 28.7. The SMILES string of the molecule is Cc1cc(F)ccc1Oc1cc(C(F)(F)F)c(C2(O)CC2)cc1C(=O)Nc1ccc(F)c(C(=O)NC(=N)N)c1. The zero-order valence-electron chi connectivity index (χ0n) is 20.2. The molecule has 0 aliphatic heterocycles. The van der Waals surface area contributed by atoms with Crippen molar-refractivity contribution in [1.82, 2.24) is 5.32 Å². The van der Waals surface area contributed by atoms with E-state index in [1.54, 1.807) is 0 Å². The molecule has 0 saturated heterocycles. The molecule has 1 aliphatic rings. The summed E-state index contributed by atoms with van der Waals surface area (Å²) in [5.41, 5.74) is 0.701. The number of carbonyl (C=O) groups is 2. The van der Waals surface area contributed by atoms with Crippen molar-refractivity contribution in [3.8, 4) is 11.5 Å². The van der Waals surface area contributed by atoms with Gasteiger partial charge in [0.25, 0.3) is 11.8 Å². The monoisotopic (exact) mass is 548 g/mol. The molecule has 0 aromatic heterocycles. The molecule has 0 atom stereocenters. The van der Waals surface area contributed by atoms with E-state index in [-0.39, 0.29) is 29.8 Å². The zero-order valence-corrected chi connectivity index (χ0v) is 20.2. The fourth-order valence-corrected chi connectivity index (χ4v) is 3.86. The largest absolute Gasteiger partial charge is 0.456 e. The number of hydrogen-bond acceptors (Lipinski definition) is 5. The highest BCUT2D eigenvalue weighted by atomic mass is 19.4. The topological polar surface area (TPSA) is 138 Å². The fraction of sp³-hybridized carbons (Fsp3) is 0.192. The molecule has 0 radical (unpaired) electrons. The third-order valence-electron chi connectivity index (χ3n) is 5.97. The predicted molar refractivity (Wildman–Crippen MR) is 130 cm³/mol. The Hall–Kier alpha value is -4.52. The number of nitrogens with two attached hydrogens (primary N) is 1. The van der Waals surface area contributed by atoms with Crippen molar-refractivity contribution in [2.45, 2.75) is 31.5 Å². The molecular weight excluding hydrogens is 527 g/mol. The first kappa shape index (κ1) is 27.5. The molecule has 8 nitrogen and oxygen atoms in total. The molecule has 0 bridgehead atoms. The number of ether oxygens (including phenoxy) is 1. The van der Waals surface area contributed by atoms with Gasteiger partial charge < -0.3 is 20.9 Å². The summed E-state index contributed by atoms with van der Waals surface area (Å²) in [6, 6.07) is 7.65. The molecule has 2 amide bonds. The first-order chi connectivity index (χ1) is 18.2. The third kappa shape index (κ3) is 5.98. The van der Waals surface area contributed by atoms with E-state index in [0.29, 0.717) is 6.07 Å². The molecule has 1 saturated carbocycles. The smallest absolute Gasteiger partial charge is 0.416 e. The van der Waals surface area contributed by atoms with Crippen LogP contribution in [0.5, 0.6) is 11.5 Å². The summed E-state index contributed by atoms with van der Waals surface area (Å²) in [5, 5.41) is 22.0. The predicted octanol–water partition coefficient (Wildman–Crippen LogP) is 4.94. The number of benzene rings is 3. The van der Waals surface area contributed by atoms with Crippen LogP contribution in [0.3, 0.4) is 0 Å². The Balaban J connectivity index is 1.79. The van der Waals surface area contributed by atoms with Crippen LogP contribution in [0.4, 0.5) is 27.6 Å². The molecule has 0 unspecified atom stereocenters. The van der Waals surface area contributed by atoms with Crippen LogP contribution >= 0.6 is 0 Å². The lowest BCUT2D eigenvalue weighted by molar-refractivity contribution is -0.139. The van der Waals surface area contributed by atoms with Crippen molar-refractivity contribution < 1.29 is 41.4 Å². The van der Waals surface area contributed by atoms with Crippen LogP contribution in [0, 0.1) is 24.0 Å². The maximum absolute atomic E-state index is 14.2. The molecule has 204 valence electrons. The van der Waals surface area contributed by atoms with Crippen molar-refractivity contribution in [1.29, 1.82) is 5.41 Å². The minimum atomic E-state index is -4.91. The van der Waals surface area contributed by atoms with Crippen molar-refractivity contribution in [2.75, 3.05) is 5.32 Å². The molecule has 3 aromatic carbocycles. The Morgan fingerprint density at radius 3 is 2.28 bits per heavy atom. The van der Waals surface area contributed by atoms with E-state index in [1.807, 2.05) is 5.32 Å². The highest BCUT2D eigenvalue weighted by Crippen LogP contribution is 2.51. The lowest BCUT2D eigenvalue weighted by Gasteiger charge is -2.21. The molecule has 13 heteroatoms. The maximum atomic E-state index is 14.2. The summed E-state index contributed by atoms with van der Waals surface area (Å²) >= 11 is 0. The first-order valence-electron chi connectivity index (χ1n) is 11.4. The highest BCUT2D eigenvalue weighted by molar-refractivity contribution is 6.08. The number of alkyl halides is 3. The number of amides is 2. The van der Waals surface area contributed by atoms with Gasteiger partial charge in [-0.05, 0) is 79.4 Å². The average molecular weight is 548 g/mol. The van der Waals surface area contributed by atoms with Gasteiger partial charge in [0.2, 0.25) is 0 Å². The molecule has 1 fully saturated rings. The molecule has 3 aromatic rings. The number of aryl methyl sites for hydroxylation is 1. The van der Waals surface area contributed by atoms with Crippen molar-refractivity contribution in [3.63, 3.8) is 0 Å². The normalized spacial score (nSPS) is 13.9. The van der Waals surface area contributed by atoms with Crippen LogP contribution in [-0.4, -0.2) is 22.9 Å². The van der Waals surface area contributed by atoms with Crippen LogP contribution in [0.15, 0.2) is 48.5 Å². The van der Waals surface area contributed by atoms with Gasteiger partial charge >= 0.3 is 6.18 Å². The number of rotatable bonds is 6. The fourth-order valence-electron chi connectivity index (χ4n) is 3.86. The van der Waals surface area contributed by atoms with Crippen LogP contribution in [0.1, 0.15) is 50.2 Å². The number of nitrogens with one attached hydrogen (secondary N) is 3. The summed E-state index contributed by atoms with van der Waals surface area (Å²) < 4.78 is 75.3. The number of anilines is 1. The van der Waals surface area contributed by atoms with Gasteiger partial charge in [0.05, 0.1) is 22.3 Å². The molecule has 0 heterocycles. The van der Waals surface area contributed by atoms with Gasteiger partial charge in [-0.2, -0.15) is 13.2 Å². The van der Waals surface area contributed by atoms with Gasteiger partial charge in [0.15, 0.2) is 5.96 Å². The van der Waals surface area contributed by atoms with E-state index in [4.69, 9.17) is 15.9 Å². The number of hydrogen-bond donors (Lipinski definition) is 5. The van der Waals surface area contributed by atoms with Gasteiger partial charge in [-0.25, -0.2) is 8.78 Å². The molecule has 0 spiro atoms. The molecule has 1 aliphatic carbocycles. The Morgan fingerprint density at radius 1 is 1.00 bits per heavy atom. The Morgan fingerprint density at radius 2 is 1.69 bits per heavy atom. The van der Waals surface area contributed by atoms with Gasteiger partial charge in [-0.15, -0.1) is 0 Å². The lowest BCUT2D eigenvalue weighted by atomic mass is 9.96. The number of guanidine groups is 1.